The van der Waals surface area contributed by atoms with Crippen molar-refractivity contribution in [2.45, 2.75) is 6.92 Å². The molecule has 0 radical (unpaired) electrons. The second-order valence-electron chi connectivity index (χ2n) is 2.00. The third-order valence-corrected chi connectivity index (χ3v) is 1.21. The van der Waals surface area contributed by atoms with Gasteiger partial charge in [0.25, 0.3) is 0 Å². The summed E-state index contributed by atoms with van der Waals surface area (Å²) in [7, 11) is 0. The Morgan fingerprint density at radius 3 is 2.69 bits per heavy atom. The zero-order chi connectivity index (χ0) is 8.10. The molecule has 0 aromatic carbocycles. The standard InChI is InChI=1S/C8H10N2O.2ClH/c1-2-11-8(9)7-4-3-5-10-6-7;;/h3-6,9H,2H2,1H3;2*1H. The summed E-state index contributed by atoms with van der Waals surface area (Å²) in [5.41, 5.74) is 0.717. The molecule has 0 aliphatic rings. The van der Waals surface area contributed by atoms with Crippen molar-refractivity contribution >= 4 is 30.7 Å². The molecule has 0 unspecified atom stereocenters. The quantitative estimate of drug-likeness (QED) is 0.617. The average Bonchev–Trinajstić information content (AvgIpc) is 2.07. The van der Waals surface area contributed by atoms with Crippen molar-refractivity contribution in [1.82, 2.24) is 4.98 Å². The maximum absolute atomic E-state index is 7.37. The average molecular weight is 223 g/mol. The minimum atomic E-state index is 0. The molecule has 74 valence electrons. The van der Waals surface area contributed by atoms with Gasteiger partial charge in [0.2, 0.25) is 5.90 Å². The maximum atomic E-state index is 7.37. The van der Waals surface area contributed by atoms with Crippen molar-refractivity contribution in [2.75, 3.05) is 6.61 Å². The van der Waals surface area contributed by atoms with Gasteiger partial charge in [-0.05, 0) is 19.1 Å². The number of nitrogens with one attached hydrogen (secondary N) is 1. The van der Waals surface area contributed by atoms with Crippen LogP contribution in [0.2, 0.25) is 0 Å². The Morgan fingerprint density at radius 1 is 1.54 bits per heavy atom. The van der Waals surface area contributed by atoms with Crippen LogP contribution in [0.5, 0.6) is 0 Å². The summed E-state index contributed by atoms with van der Waals surface area (Å²) in [5.74, 6) is 0.181. The van der Waals surface area contributed by atoms with Gasteiger partial charge in [-0.3, -0.25) is 10.4 Å². The van der Waals surface area contributed by atoms with Crippen molar-refractivity contribution < 1.29 is 4.74 Å². The molecular weight excluding hydrogens is 211 g/mol. The number of aromatic nitrogens is 1. The summed E-state index contributed by atoms with van der Waals surface area (Å²) in [6, 6.07) is 3.58. The van der Waals surface area contributed by atoms with E-state index in [9.17, 15) is 0 Å². The fourth-order valence-electron chi connectivity index (χ4n) is 0.725. The Hall–Kier alpha value is -0.800. The van der Waals surface area contributed by atoms with Gasteiger partial charge < -0.3 is 4.74 Å². The molecular formula is C8H12Cl2N2O. The largest absolute Gasteiger partial charge is 0.478 e. The summed E-state index contributed by atoms with van der Waals surface area (Å²) >= 11 is 0. The lowest BCUT2D eigenvalue weighted by Gasteiger charge is -2.02. The lowest BCUT2D eigenvalue weighted by Crippen LogP contribution is -2.04. The van der Waals surface area contributed by atoms with Gasteiger partial charge in [-0.1, -0.05) is 0 Å². The van der Waals surface area contributed by atoms with Gasteiger partial charge in [0.15, 0.2) is 0 Å². The molecule has 5 heteroatoms. The first-order valence-electron chi connectivity index (χ1n) is 3.46. The van der Waals surface area contributed by atoms with Crippen LogP contribution in [-0.4, -0.2) is 17.5 Å². The van der Waals surface area contributed by atoms with Crippen LogP contribution in [0.3, 0.4) is 0 Å². The van der Waals surface area contributed by atoms with Gasteiger partial charge in [-0.2, -0.15) is 0 Å². The highest BCUT2D eigenvalue weighted by molar-refractivity contribution is 5.91. The molecule has 1 heterocycles. The molecule has 3 nitrogen and oxygen atoms in total. The zero-order valence-corrected chi connectivity index (χ0v) is 8.82. The molecule has 0 saturated heterocycles. The number of halogens is 2. The maximum Gasteiger partial charge on any atom is 0.214 e. The lowest BCUT2D eigenvalue weighted by atomic mass is 10.3. The van der Waals surface area contributed by atoms with Crippen LogP contribution < -0.4 is 0 Å². The monoisotopic (exact) mass is 222 g/mol. The Balaban J connectivity index is 0. The van der Waals surface area contributed by atoms with E-state index < -0.39 is 0 Å². The lowest BCUT2D eigenvalue weighted by molar-refractivity contribution is 0.325. The van der Waals surface area contributed by atoms with E-state index in [-0.39, 0.29) is 30.7 Å². The smallest absolute Gasteiger partial charge is 0.214 e. The van der Waals surface area contributed by atoms with Crippen LogP contribution in [0.25, 0.3) is 0 Å². The van der Waals surface area contributed by atoms with Gasteiger partial charge in [-0.15, -0.1) is 24.8 Å². The SMILES string of the molecule is CCOC(=N)c1cccnc1.Cl.Cl. The van der Waals surface area contributed by atoms with Crippen molar-refractivity contribution in [1.29, 1.82) is 5.41 Å². The van der Waals surface area contributed by atoms with Crippen LogP contribution in [0, 0.1) is 5.41 Å². The van der Waals surface area contributed by atoms with E-state index in [2.05, 4.69) is 4.98 Å². The fraction of sp³-hybridized carbons (Fsp3) is 0.250. The molecule has 13 heavy (non-hydrogen) atoms. The van der Waals surface area contributed by atoms with Crippen LogP contribution in [0.1, 0.15) is 12.5 Å². The third kappa shape index (κ3) is 4.70. The molecule has 1 aromatic rings. The number of hydrogen-bond acceptors (Lipinski definition) is 3. The van der Waals surface area contributed by atoms with Crippen molar-refractivity contribution in [3.05, 3.63) is 30.1 Å². The van der Waals surface area contributed by atoms with Gasteiger partial charge in [0.05, 0.1) is 12.2 Å². The van der Waals surface area contributed by atoms with Crippen LogP contribution in [0.15, 0.2) is 24.5 Å². The summed E-state index contributed by atoms with van der Waals surface area (Å²) < 4.78 is 4.97. The number of ether oxygens (including phenoxy) is 1. The molecule has 1 rings (SSSR count). The van der Waals surface area contributed by atoms with Crippen molar-refractivity contribution in [3.63, 3.8) is 0 Å². The molecule has 0 saturated carbocycles. The Kier molecular flexibility index (Phi) is 8.86. The van der Waals surface area contributed by atoms with Gasteiger partial charge in [-0.25, -0.2) is 0 Å². The van der Waals surface area contributed by atoms with Gasteiger partial charge in [0.1, 0.15) is 0 Å². The first kappa shape index (κ1) is 14.7. The Labute approximate surface area is 89.9 Å². The highest BCUT2D eigenvalue weighted by Gasteiger charge is 1.98. The summed E-state index contributed by atoms with van der Waals surface area (Å²) in [4.78, 5) is 3.87. The number of hydrogen-bond donors (Lipinski definition) is 1. The third-order valence-electron chi connectivity index (χ3n) is 1.21. The molecule has 0 amide bonds. The predicted molar refractivity (Wildman–Crippen MR) is 57.2 cm³/mol. The number of pyridine rings is 1. The number of nitrogens with zero attached hydrogens (tertiary/aromatic N) is 1. The Bertz CT molecular complexity index is 241. The van der Waals surface area contributed by atoms with E-state index in [1.165, 1.54) is 0 Å². The van der Waals surface area contributed by atoms with Crippen LogP contribution >= 0.6 is 24.8 Å². The van der Waals surface area contributed by atoms with Gasteiger partial charge >= 0.3 is 0 Å². The van der Waals surface area contributed by atoms with E-state index in [1.807, 2.05) is 6.92 Å². The van der Waals surface area contributed by atoms with Crippen molar-refractivity contribution in [2.24, 2.45) is 0 Å². The van der Waals surface area contributed by atoms with Crippen LogP contribution in [0.4, 0.5) is 0 Å². The second kappa shape index (κ2) is 7.83. The van der Waals surface area contributed by atoms with E-state index in [0.717, 1.165) is 0 Å². The molecule has 0 aliphatic heterocycles. The van der Waals surface area contributed by atoms with E-state index >= 15 is 0 Å². The second-order valence-corrected chi connectivity index (χ2v) is 2.00. The first-order chi connectivity index (χ1) is 5.34. The summed E-state index contributed by atoms with van der Waals surface area (Å²) in [6.45, 7) is 2.37. The normalized spacial score (nSPS) is 7.77. The van der Waals surface area contributed by atoms with E-state index in [1.54, 1.807) is 24.5 Å². The first-order valence-corrected chi connectivity index (χ1v) is 3.46. The highest BCUT2D eigenvalue weighted by Crippen LogP contribution is 1.97. The van der Waals surface area contributed by atoms with E-state index in [4.69, 9.17) is 10.1 Å². The molecule has 0 bridgehead atoms. The molecule has 0 fully saturated rings. The fourth-order valence-corrected chi connectivity index (χ4v) is 0.725. The van der Waals surface area contributed by atoms with E-state index in [0.29, 0.717) is 12.2 Å². The topological polar surface area (TPSA) is 46.0 Å². The zero-order valence-electron chi connectivity index (χ0n) is 7.19. The minimum Gasteiger partial charge on any atom is -0.478 e. The molecule has 0 atom stereocenters. The van der Waals surface area contributed by atoms with Gasteiger partial charge in [0, 0.05) is 12.4 Å². The molecule has 1 aromatic heterocycles. The molecule has 1 N–H and O–H groups in total. The minimum absolute atomic E-state index is 0. The van der Waals surface area contributed by atoms with Crippen LogP contribution in [-0.2, 0) is 4.74 Å². The molecule has 0 aliphatic carbocycles. The highest BCUT2D eigenvalue weighted by atomic mass is 35.5. The Morgan fingerprint density at radius 2 is 2.23 bits per heavy atom. The predicted octanol–water partition coefficient (Wildman–Crippen LogP) is 2.29. The summed E-state index contributed by atoms with van der Waals surface area (Å²) in [6.07, 6.45) is 3.28. The number of rotatable bonds is 2. The summed E-state index contributed by atoms with van der Waals surface area (Å²) in [5, 5.41) is 7.37. The molecule has 0 spiro atoms. The van der Waals surface area contributed by atoms with Crippen molar-refractivity contribution in [3.8, 4) is 0 Å².